The average Bonchev–Trinajstić information content (AvgIpc) is 3.18. The van der Waals surface area contributed by atoms with Crippen molar-refractivity contribution in [2.24, 2.45) is 0 Å². The number of carbonyl (C=O) groups excluding carboxylic acids is 1. The molecule has 0 aliphatic carbocycles. The lowest BCUT2D eigenvalue weighted by Crippen LogP contribution is -2.48. The van der Waals surface area contributed by atoms with Crippen molar-refractivity contribution in [2.75, 3.05) is 31.1 Å². The fourth-order valence-corrected chi connectivity index (χ4v) is 3.56. The summed E-state index contributed by atoms with van der Waals surface area (Å²) in [6, 6.07) is 17.8. The van der Waals surface area contributed by atoms with E-state index < -0.39 is 0 Å². The largest absolute Gasteiger partial charge is 0.368 e. The molecule has 6 heteroatoms. The van der Waals surface area contributed by atoms with Crippen molar-refractivity contribution in [1.29, 1.82) is 0 Å². The highest BCUT2D eigenvalue weighted by molar-refractivity contribution is 6.33. The molecule has 0 bridgehead atoms. The van der Waals surface area contributed by atoms with Crippen molar-refractivity contribution in [3.8, 4) is 11.3 Å². The van der Waals surface area contributed by atoms with Gasteiger partial charge in [-0.05, 0) is 31.2 Å². The summed E-state index contributed by atoms with van der Waals surface area (Å²) in [4.78, 5) is 17.0. The van der Waals surface area contributed by atoms with Crippen LogP contribution < -0.4 is 4.90 Å². The van der Waals surface area contributed by atoms with Gasteiger partial charge in [-0.15, -0.1) is 0 Å². The van der Waals surface area contributed by atoms with Gasteiger partial charge in [-0.3, -0.25) is 9.89 Å². The number of nitrogens with one attached hydrogen (secondary N) is 1. The van der Waals surface area contributed by atoms with Gasteiger partial charge in [0.05, 0.1) is 10.7 Å². The number of nitrogens with zero attached hydrogens (tertiary/aromatic N) is 3. The Balaban J connectivity index is 1.43. The second kappa shape index (κ2) is 7.45. The van der Waals surface area contributed by atoms with Crippen LogP contribution in [0.25, 0.3) is 11.3 Å². The number of hydrogen-bond acceptors (Lipinski definition) is 3. The Bertz CT molecular complexity index is 943. The van der Waals surface area contributed by atoms with E-state index in [0.29, 0.717) is 29.5 Å². The van der Waals surface area contributed by atoms with E-state index in [-0.39, 0.29) is 5.91 Å². The van der Waals surface area contributed by atoms with Gasteiger partial charge < -0.3 is 9.80 Å². The van der Waals surface area contributed by atoms with Gasteiger partial charge in [-0.25, -0.2) is 0 Å². The SMILES string of the molecule is Cc1ccc(N2CCN(C(=O)c3cc(-c4ccccc4Cl)n[nH]3)CC2)cc1. The third-order valence-corrected chi connectivity index (χ3v) is 5.25. The molecule has 2 heterocycles. The third kappa shape index (κ3) is 3.69. The number of carbonyl (C=O) groups is 1. The molecular formula is C21H21ClN4O. The van der Waals surface area contributed by atoms with Crippen LogP contribution in [0.1, 0.15) is 16.1 Å². The smallest absolute Gasteiger partial charge is 0.272 e. The van der Waals surface area contributed by atoms with E-state index in [0.717, 1.165) is 18.7 Å². The minimum absolute atomic E-state index is 0.0237. The molecule has 3 aromatic rings. The Morgan fingerprint density at radius 3 is 2.44 bits per heavy atom. The molecule has 1 aliphatic heterocycles. The number of piperazine rings is 1. The van der Waals surface area contributed by atoms with Crippen molar-refractivity contribution in [2.45, 2.75) is 6.92 Å². The maximum atomic E-state index is 12.8. The van der Waals surface area contributed by atoms with Crippen LogP contribution in [0.3, 0.4) is 0 Å². The zero-order valence-corrected chi connectivity index (χ0v) is 15.9. The number of halogens is 1. The molecule has 1 aromatic heterocycles. The summed E-state index contributed by atoms with van der Waals surface area (Å²) in [6.07, 6.45) is 0. The first kappa shape index (κ1) is 17.6. The highest BCUT2D eigenvalue weighted by Gasteiger charge is 2.24. The Labute approximate surface area is 163 Å². The Morgan fingerprint density at radius 1 is 1.04 bits per heavy atom. The number of rotatable bonds is 3. The van der Waals surface area contributed by atoms with Crippen molar-refractivity contribution >= 4 is 23.2 Å². The van der Waals surface area contributed by atoms with E-state index in [2.05, 4.69) is 46.3 Å². The molecule has 0 unspecified atom stereocenters. The first-order valence-corrected chi connectivity index (χ1v) is 9.41. The molecule has 2 aromatic carbocycles. The van der Waals surface area contributed by atoms with E-state index in [1.54, 1.807) is 6.07 Å². The van der Waals surface area contributed by atoms with Crippen molar-refractivity contribution in [3.63, 3.8) is 0 Å². The molecule has 0 saturated carbocycles. The summed E-state index contributed by atoms with van der Waals surface area (Å²) < 4.78 is 0. The lowest BCUT2D eigenvalue weighted by atomic mass is 10.1. The second-order valence-corrected chi connectivity index (χ2v) is 7.17. The predicted molar refractivity (Wildman–Crippen MR) is 108 cm³/mol. The van der Waals surface area contributed by atoms with Crippen molar-refractivity contribution in [1.82, 2.24) is 15.1 Å². The van der Waals surface area contributed by atoms with Gasteiger partial charge in [0.2, 0.25) is 0 Å². The van der Waals surface area contributed by atoms with Crippen LogP contribution in [0.4, 0.5) is 5.69 Å². The quantitative estimate of drug-likeness (QED) is 0.747. The van der Waals surface area contributed by atoms with Crippen LogP contribution in [0.2, 0.25) is 5.02 Å². The molecule has 1 N–H and O–H groups in total. The van der Waals surface area contributed by atoms with Gasteiger partial charge >= 0.3 is 0 Å². The summed E-state index contributed by atoms with van der Waals surface area (Å²) >= 11 is 6.23. The van der Waals surface area contributed by atoms with Crippen LogP contribution in [0.5, 0.6) is 0 Å². The van der Waals surface area contributed by atoms with Crippen LogP contribution in [0.15, 0.2) is 54.6 Å². The van der Waals surface area contributed by atoms with Gasteiger partial charge in [0.1, 0.15) is 5.69 Å². The van der Waals surface area contributed by atoms with Crippen LogP contribution in [-0.2, 0) is 0 Å². The summed E-state index contributed by atoms with van der Waals surface area (Å²) in [5.74, 6) is -0.0237. The molecular weight excluding hydrogens is 360 g/mol. The molecule has 1 amide bonds. The number of H-pyrrole nitrogens is 1. The average molecular weight is 381 g/mol. The predicted octanol–water partition coefficient (Wildman–Crippen LogP) is 4.00. The summed E-state index contributed by atoms with van der Waals surface area (Å²) in [7, 11) is 0. The van der Waals surface area contributed by atoms with Gasteiger partial charge in [-0.1, -0.05) is 47.5 Å². The molecule has 0 atom stereocenters. The first-order chi connectivity index (χ1) is 13.1. The van der Waals surface area contributed by atoms with E-state index in [9.17, 15) is 4.79 Å². The number of amides is 1. The molecule has 27 heavy (non-hydrogen) atoms. The van der Waals surface area contributed by atoms with Crippen LogP contribution >= 0.6 is 11.6 Å². The van der Waals surface area contributed by atoms with Gasteiger partial charge in [0, 0.05) is 37.4 Å². The minimum Gasteiger partial charge on any atom is -0.368 e. The molecule has 0 spiro atoms. The Hall–Kier alpha value is -2.79. The van der Waals surface area contributed by atoms with Crippen molar-refractivity contribution in [3.05, 3.63) is 70.9 Å². The fraction of sp³-hybridized carbons (Fsp3) is 0.238. The van der Waals surface area contributed by atoms with E-state index in [4.69, 9.17) is 11.6 Å². The monoisotopic (exact) mass is 380 g/mol. The molecule has 4 rings (SSSR count). The number of benzene rings is 2. The molecule has 1 fully saturated rings. The van der Waals surface area contributed by atoms with Crippen LogP contribution in [-0.4, -0.2) is 47.2 Å². The highest BCUT2D eigenvalue weighted by atomic mass is 35.5. The van der Waals surface area contributed by atoms with E-state index >= 15 is 0 Å². The van der Waals surface area contributed by atoms with Gasteiger partial charge in [0.15, 0.2) is 0 Å². The number of aromatic amines is 1. The molecule has 1 saturated heterocycles. The Kier molecular flexibility index (Phi) is 4.86. The number of aromatic nitrogens is 2. The number of aryl methyl sites for hydroxylation is 1. The molecule has 0 radical (unpaired) electrons. The van der Waals surface area contributed by atoms with Crippen LogP contribution in [0, 0.1) is 6.92 Å². The summed E-state index contributed by atoms with van der Waals surface area (Å²) in [5, 5.41) is 7.75. The first-order valence-electron chi connectivity index (χ1n) is 9.03. The molecule has 1 aliphatic rings. The number of anilines is 1. The topological polar surface area (TPSA) is 52.2 Å². The summed E-state index contributed by atoms with van der Waals surface area (Å²) in [6.45, 7) is 5.10. The third-order valence-electron chi connectivity index (χ3n) is 4.92. The fourth-order valence-electron chi connectivity index (χ4n) is 3.33. The number of hydrogen-bond donors (Lipinski definition) is 1. The van der Waals surface area contributed by atoms with E-state index in [1.165, 1.54) is 11.3 Å². The normalized spacial score (nSPS) is 14.4. The highest BCUT2D eigenvalue weighted by Crippen LogP contribution is 2.26. The molecule has 5 nitrogen and oxygen atoms in total. The van der Waals surface area contributed by atoms with Gasteiger partial charge in [0.25, 0.3) is 5.91 Å². The lowest BCUT2D eigenvalue weighted by molar-refractivity contribution is 0.0741. The Morgan fingerprint density at radius 2 is 1.74 bits per heavy atom. The lowest BCUT2D eigenvalue weighted by Gasteiger charge is -2.36. The maximum absolute atomic E-state index is 12.8. The summed E-state index contributed by atoms with van der Waals surface area (Å²) in [5.41, 5.74) is 4.45. The van der Waals surface area contributed by atoms with Crippen molar-refractivity contribution < 1.29 is 4.79 Å². The van der Waals surface area contributed by atoms with E-state index in [1.807, 2.05) is 29.2 Å². The van der Waals surface area contributed by atoms with Gasteiger partial charge in [-0.2, -0.15) is 5.10 Å². The zero-order chi connectivity index (χ0) is 18.8. The zero-order valence-electron chi connectivity index (χ0n) is 15.2. The maximum Gasteiger partial charge on any atom is 0.272 e. The standard InChI is InChI=1S/C21H21ClN4O/c1-15-6-8-16(9-7-15)25-10-12-26(13-11-25)21(27)20-14-19(23-24-20)17-4-2-3-5-18(17)22/h2-9,14H,10-13H2,1H3,(H,23,24). The minimum atomic E-state index is -0.0237. The molecule has 138 valence electrons. The second-order valence-electron chi connectivity index (χ2n) is 6.76.